The molecule has 1 unspecified atom stereocenters. The summed E-state index contributed by atoms with van der Waals surface area (Å²) >= 11 is 0. The molecule has 7 heteroatoms. The summed E-state index contributed by atoms with van der Waals surface area (Å²) in [7, 11) is 0. The quantitative estimate of drug-likeness (QED) is 0.932. The van der Waals surface area contributed by atoms with Gasteiger partial charge < -0.3 is 10.6 Å². The molecule has 1 fully saturated rings. The Morgan fingerprint density at radius 2 is 2.05 bits per heavy atom. The number of rotatable bonds is 3. The van der Waals surface area contributed by atoms with Gasteiger partial charge in [-0.15, -0.1) is 17.5 Å². The highest BCUT2D eigenvalue weighted by molar-refractivity contribution is 5.92. The van der Waals surface area contributed by atoms with Crippen molar-refractivity contribution >= 4 is 18.3 Å². The molecule has 0 spiro atoms. The number of hydrogen-bond acceptors (Lipinski definition) is 4. The molecule has 1 aliphatic rings. The van der Waals surface area contributed by atoms with Crippen molar-refractivity contribution in [2.24, 2.45) is 5.73 Å². The average molecular weight is 322 g/mol. The number of para-hydroxylation sites is 1. The van der Waals surface area contributed by atoms with Crippen LogP contribution < -0.4 is 5.73 Å². The molecule has 1 saturated heterocycles. The first-order chi connectivity index (χ1) is 10.3. The van der Waals surface area contributed by atoms with Crippen molar-refractivity contribution < 1.29 is 4.79 Å². The topological polar surface area (TPSA) is 77.0 Å². The zero-order chi connectivity index (χ0) is 14.7. The summed E-state index contributed by atoms with van der Waals surface area (Å²) in [6, 6.07) is 9.75. The van der Waals surface area contributed by atoms with Gasteiger partial charge in [-0.05, 0) is 31.4 Å². The minimum Gasteiger partial charge on any atom is -0.333 e. The Morgan fingerprint density at radius 3 is 2.77 bits per heavy atom. The fraction of sp³-hybridized carbons (Fsp3) is 0.400. The molecule has 1 atom stereocenters. The molecule has 1 aliphatic heterocycles. The van der Waals surface area contributed by atoms with Crippen LogP contribution in [-0.2, 0) is 0 Å². The molecule has 22 heavy (non-hydrogen) atoms. The molecule has 1 aromatic heterocycles. The summed E-state index contributed by atoms with van der Waals surface area (Å²) in [5.41, 5.74) is 7.03. The third kappa shape index (κ3) is 3.28. The Morgan fingerprint density at radius 1 is 1.27 bits per heavy atom. The molecule has 3 rings (SSSR count). The van der Waals surface area contributed by atoms with Crippen molar-refractivity contribution in [3.63, 3.8) is 0 Å². The minimum atomic E-state index is -0.0765. The lowest BCUT2D eigenvalue weighted by atomic mass is 10.0. The van der Waals surface area contributed by atoms with E-state index in [0.717, 1.165) is 31.5 Å². The van der Waals surface area contributed by atoms with Crippen molar-refractivity contribution in [3.8, 4) is 5.69 Å². The lowest BCUT2D eigenvalue weighted by Gasteiger charge is -2.34. The Balaban J connectivity index is 0.00000176. The molecular weight excluding hydrogens is 302 g/mol. The van der Waals surface area contributed by atoms with Gasteiger partial charge in [-0.1, -0.05) is 23.4 Å². The number of nitrogens with two attached hydrogens (primary N) is 1. The Hall–Kier alpha value is -1.92. The molecule has 2 aromatic rings. The second-order valence-electron chi connectivity index (χ2n) is 5.27. The van der Waals surface area contributed by atoms with Gasteiger partial charge in [-0.2, -0.15) is 0 Å². The number of piperidine rings is 1. The molecule has 1 aromatic carbocycles. The van der Waals surface area contributed by atoms with Crippen LogP contribution in [0.5, 0.6) is 0 Å². The molecular formula is C15H20ClN5O. The molecule has 1 amide bonds. The molecule has 2 heterocycles. The number of hydrogen-bond donors (Lipinski definition) is 1. The van der Waals surface area contributed by atoms with E-state index >= 15 is 0 Å². The predicted molar refractivity (Wildman–Crippen MR) is 86.3 cm³/mol. The van der Waals surface area contributed by atoms with Gasteiger partial charge >= 0.3 is 0 Å². The second kappa shape index (κ2) is 7.38. The number of nitrogens with zero attached hydrogens (tertiary/aromatic N) is 4. The summed E-state index contributed by atoms with van der Waals surface area (Å²) in [4.78, 5) is 14.4. The summed E-state index contributed by atoms with van der Waals surface area (Å²) in [6.07, 6.45) is 4.80. The van der Waals surface area contributed by atoms with Gasteiger partial charge in [0.15, 0.2) is 5.69 Å². The Bertz CT molecular complexity index is 615. The summed E-state index contributed by atoms with van der Waals surface area (Å²) in [6.45, 7) is 1.25. The Labute approximate surface area is 135 Å². The monoisotopic (exact) mass is 321 g/mol. The first-order valence-corrected chi connectivity index (χ1v) is 7.28. The molecule has 0 saturated carbocycles. The van der Waals surface area contributed by atoms with E-state index in [9.17, 15) is 4.79 Å². The Kier molecular flexibility index (Phi) is 5.51. The number of benzene rings is 1. The molecule has 0 bridgehead atoms. The summed E-state index contributed by atoms with van der Waals surface area (Å²) in [5.74, 6) is -0.0765. The normalized spacial score (nSPS) is 17.9. The van der Waals surface area contributed by atoms with Crippen molar-refractivity contribution in [1.82, 2.24) is 19.9 Å². The third-order valence-corrected chi connectivity index (χ3v) is 3.89. The van der Waals surface area contributed by atoms with Gasteiger partial charge in [0, 0.05) is 19.1 Å². The smallest absolute Gasteiger partial charge is 0.276 e. The van der Waals surface area contributed by atoms with Crippen molar-refractivity contribution in [2.45, 2.75) is 25.3 Å². The largest absolute Gasteiger partial charge is 0.333 e. The fourth-order valence-corrected chi connectivity index (χ4v) is 2.73. The third-order valence-electron chi connectivity index (χ3n) is 3.89. The van der Waals surface area contributed by atoms with Crippen LogP contribution in [0.2, 0.25) is 0 Å². The van der Waals surface area contributed by atoms with E-state index in [0.29, 0.717) is 12.2 Å². The summed E-state index contributed by atoms with van der Waals surface area (Å²) < 4.78 is 1.62. The number of aromatic nitrogens is 3. The van der Waals surface area contributed by atoms with Crippen LogP contribution in [0.15, 0.2) is 36.5 Å². The highest BCUT2D eigenvalue weighted by Crippen LogP contribution is 2.18. The van der Waals surface area contributed by atoms with Crippen molar-refractivity contribution in [3.05, 3.63) is 42.2 Å². The summed E-state index contributed by atoms with van der Waals surface area (Å²) in [5, 5.41) is 8.06. The van der Waals surface area contributed by atoms with E-state index in [1.165, 1.54) is 0 Å². The van der Waals surface area contributed by atoms with Crippen LogP contribution in [0, 0.1) is 0 Å². The van der Waals surface area contributed by atoms with Gasteiger partial charge in [0.05, 0.1) is 11.9 Å². The standard InChI is InChI=1S/C15H19N5O.ClH/c16-10-13-8-4-5-9-19(13)15(21)14-11-20(18-17-14)12-6-2-1-3-7-12;/h1-3,6-7,11,13H,4-5,8-10,16H2;1H. The first-order valence-electron chi connectivity index (χ1n) is 7.28. The number of likely N-dealkylation sites (tertiary alicyclic amines) is 1. The van der Waals surface area contributed by atoms with Gasteiger partial charge in [-0.3, -0.25) is 4.79 Å². The molecule has 0 aliphatic carbocycles. The number of amides is 1. The van der Waals surface area contributed by atoms with Crippen molar-refractivity contribution in [1.29, 1.82) is 0 Å². The maximum Gasteiger partial charge on any atom is 0.276 e. The zero-order valence-corrected chi connectivity index (χ0v) is 13.1. The fourth-order valence-electron chi connectivity index (χ4n) is 2.73. The number of carbonyl (C=O) groups is 1. The zero-order valence-electron chi connectivity index (χ0n) is 12.3. The van der Waals surface area contributed by atoms with Gasteiger partial charge in [0.1, 0.15) is 0 Å². The maximum absolute atomic E-state index is 12.6. The van der Waals surface area contributed by atoms with E-state index in [-0.39, 0.29) is 24.4 Å². The van der Waals surface area contributed by atoms with E-state index in [1.54, 1.807) is 10.9 Å². The lowest BCUT2D eigenvalue weighted by molar-refractivity contribution is 0.0617. The van der Waals surface area contributed by atoms with Crippen LogP contribution in [0.25, 0.3) is 5.69 Å². The van der Waals surface area contributed by atoms with E-state index < -0.39 is 0 Å². The van der Waals surface area contributed by atoms with E-state index in [4.69, 9.17) is 5.73 Å². The van der Waals surface area contributed by atoms with E-state index in [2.05, 4.69) is 10.3 Å². The van der Waals surface area contributed by atoms with Gasteiger partial charge in [-0.25, -0.2) is 4.68 Å². The van der Waals surface area contributed by atoms with Crippen LogP contribution >= 0.6 is 12.4 Å². The highest BCUT2D eigenvalue weighted by atomic mass is 35.5. The van der Waals surface area contributed by atoms with Crippen LogP contribution in [0.4, 0.5) is 0 Å². The van der Waals surface area contributed by atoms with Crippen LogP contribution in [0.3, 0.4) is 0 Å². The highest BCUT2D eigenvalue weighted by Gasteiger charge is 2.28. The lowest BCUT2D eigenvalue weighted by Crippen LogP contribution is -2.47. The maximum atomic E-state index is 12.6. The molecule has 2 N–H and O–H groups in total. The average Bonchev–Trinajstić information content (AvgIpc) is 3.05. The molecule has 118 valence electrons. The minimum absolute atomic E-state index is 0. The van der Waals surface area contributed by atoms with Crippen molar-refractivity contribution in [2.75, 3.05) is 13.1 Å². The van der Waals surface area contributed by atoms with Gasteiger partial charge in [0.2, 0.25) is 0 Å². The number of carbonyl (C=O) groups excluding carboxylic acids is 1. The number of halogens is 1. The predicted octanol–water partition coefficient (Wildman–Crippen LogP) is 1.64. The van der Waals surface area contributed by atoms with Crippen LogP contribution in [0.1, 0.15) is 29.8 Å². The van der Waals surface area contributed by atoms with Gasteiger partial charge in [0.25, 0.3) is 5.91 Å². The second-order valence-corrected chi connectivity index (χ2v) is 5.27. The van der Waals surface area contributed by atoms with Crippen LogP contribution in [-0.4, -0.2) is 44.9 Å². The SMILES string of the molecule is Cl.NCC1CCCCN1C(=O)c1cn(-c2ccccc2)nn1. The van der Waals surface area contributed by atoms with E-state index in [1.807, 2.05) is 35.2 Å². The molecule has 6 nitrogen and oxygen atoms in total. The molecule has 0 radical (unpaired) electrons. The first kappa shape index (κ1) is 16.5.